The van der Waals surface area contributed by atoms with Crippen molar-refractivity contribution in [1.82, 2.24) is 14.9 Å². The lowest BCUT2D eigenvalue weighted by molar-refractivity contribution is -0.384. The van der Waals surface area contributed by atoms with Gasteiger partial charge in [0.1, 0.15) is 11.5 Å². The number of nitrogens with one attached hydrogen (secondary N) is 2. The van der Waals surface area contributed by atoms with Gasteiger partial charge in [-0.1, -0.05) is 12.1 Å². The fourth-order valence-corrected chi connectivity index (χ4v) is 3.76. The first-order valence-corrected chi connectivity index (χ1v) is 9.27. The highest BCUT2D eigenvalue weighted by molar-refractivity contribution is 5.96. The molecule has 1 aliphatic rings. The molecule has 1 aromatic heterocycles. The maximum atomic E-state index is 13.0. The lowest BCUT2D eigenvalue weighted by Crippen LogP contribution is -2.39. The minimum Gasteiger partial charge on any atom is -0.383 e. The summed E-state index contributed by atoms with van der Waals surface area (Å²) in [6, 6.07) is 12.4. The van der Waals surface area contributed by atoms with E-state index in [0.29, 0.717) is 24.3 Å². The summed E-state index contributed by atoms with van der Waals surface area (Å²) >= 11 is 0. The number of anilines is 1. The van der Waals surface area contributed by atoms with E-state index >= 15 is 0 Å². The summed E-state index contributed by atoms with van der Waals surface area (Å²) in [7, 11) is 1.62. The van der Waals surface area contributed by atoms with Crippen LogP contribution in [0, 0.1) is 10.1 Å². The summed E-state index contributed by atoms with van der Waals surface area (Å²) in [5, 5.41) is 14.1. The van der Waals surface area contributed by atoms with Crippen molar-refractivity contribution >= 4 is 28.3 Å². The van der Waals surface area contributed by atoms with E-state index in [0.717, 1.165) is 29.7 Å². The maximum Gasteiger partial charge on any atom is 0.293 e. The second kappa shape index (κ2) is 7.30. The number of nitro groups is 1. The molecule has 1 fully saturated rings. The third kappa shape index (κ3) is 3.28. The lowest BCUT2D eigenvalue weighted by atomic mass is 9.96. The van der Waals surface area contributed by atoms with Crippen molar-refractivity contribution in [2.75, 3.05) is 25.5 Å². The zero-order valence-electron chi connectivity index (χ0n) is 15.5. The fraction of sp³-hybridized carbons (Fsp3) is 0.300. The average molecular weight is 379 g/mol. The van der Waals surface area contributed by atoms with Gasteiger partial charge in [0.05, 0.1) is 16.0 Å². The largest absolute Gasteiger partial charge is 0.383 e. The molecule has 0 aliphatic carbocycles. The lowest BCUT2D eigenvalue weighted by Gasteiger charge is -2.32. The Balaban J connectivity index is 1.56. The number of hydrogen-bond acceptors (Lipinski definition) is 5. The third-order valence-electron chi connectivity index (χ3n) is 5.21. The van der Waals surface area contributed by atoms with Crippen LogP contribution >= 0.6 is 0 Å². The average Bonchev–Trinajstić information content (AvgIpc) is 3.17. The molecule has 4 rings (SSSR count). The number of rotatable bonds is 4. The number of imidazole rings is 1. The summed E-state index contributed by atoms with van der Waals surface area (Å²) in [5.41, 5.74) is 2.52. The van der Waals surface area contributed by atoms with Crippen LogP contribution in [-0.2, 0) is 0 Å². The van der Waals surface area contributed by atoms with E-state index in [9.17, 15) is 14.9 Å². The molecule has 0 spiro atoms. The first-order valence-electron chi connectivity index (χ1n) is 9.27. The van der Waals surface area contributed by atoms with Crippen LogP contribution in [0.1, 0.15) is 34.9 Å². The van der Waals surface area contributed by atoms with Gasteiger partial charge in [-0.05, 0) is 37.1 Å². The molecule has 8 heteroatoms. The molecule has 2 N–H and O–H groups in total. The van der Waals surface area contributed by atoms with Gasteiger partial charge in [-0.15, -0.1) is 0 Å². The molecule has 0 radical (unpaired) electrons. The van der Waals surface area contributed by atoms with Gasteiger partial charge in [0.2, 0.25) is 0 Å². The van der Waals surface area contributed by atoms with E-state index in [2.05, 4.69) is 15.3 Å². The Hall–Kier alpha value is -3.42. The quantitative estimate of drug-likeness (QED) is 0.533. The van der Waals surface area contributed by atoms with Crippen LogP contribution in [-0.4, -0.2) is 45.8 Å². The fourth-order valence-electron chi connectivity index (χ4n) is 3.76. The van der Waals surface area contributed by atoms with E-state index in [4.69, 9.17) is 0 Å². The standard InChI is InChI=1S/C20H21N5O3/c1-21-17-9-8-13(11-18(17)25(27)28)20(26)24-10-4-5-14(12-24)19-22-15-6-2-3-7-16(15)23-19/h2-3,6-9,11,14,21H,4-5,10,12H2,1H3,(H,22,23)/t14-/m0/s1. The van der Waals surface area contributed by atoms with E-state index in [1.807, 2.05) is 24.3 Å². The number of hydrogen-bond donors (Lipinski definition) is 2. The highest BCUT2D eigenvalue weighted by atomic mass is 16.6. The van der Waals surface area contributed by atoms with Crippen molar-refractivity contribution in [2.24, 2.45) is 0 Å². The van der Waals surface area contributed by atoms with Gasteiger partial charge in [0.25, 0.3) is 11.6 Å². The molecule has 3 aromatic rings. The predicted octanol–water partition coefficient (Wildman–Crippen LogP) is 3.53. The van der Waals surface area contributed by atoms with E-state index < -0.39 is 4.92 Å². The second-order valence-corrected chi connectivity index (χ2v) is 6.97. The minimum absolute atomic E-state index is 0.0980. The topological polar surface area (TPSA) is 104 Å². The SMILES string of the molecule is CNc1ccc(C(=O)N2CCC[C@H](c3nc4ccccc4[nH]3)C2)cc1[N+](=O)[O-]. The molecule has 8 nitrogen and oxygen atoms in total. The monoisotopic (exact) mass is 379 g/mol. The number of likely N-dealkylation sites (tertiary alicyclic amines) is 1. The molecule has 1 amide bonds. The van der Waals surface area contributed by atoms with Crippen LogP contribution in [0.15, 0.2) is 42.5 Å². The number of H-pyrrole nitrogens is 1. The van der Waals surface area contributed by atoms with Crippen LogP contribution in [0.3, 0.4) is 0 Å². The molecule has 0 bridgehead atoms. The molecule has 1 aliphatic heterocycles. The van der Waals surface area contributed by atoms with Crippen molar-refractivity contribution in [3.63, 3.8) is 0 Å². The number of benzene rings is 2. The Morgan fingerprint density at radius 3 is 2.89 bits per heavy atom. The zero-order valence-corrected chi connectivity index (χ0v) is 15.5. The van der Waals surface area contributed by atoms with E-state index in [-0.39, 0.29) is 17.5 Å². The van der Waals surface area contributed by atoms with Crippen LogP contribution in [0.2, 0.25) is 0 Å². The first kappa shape index (κ1) is 18.0. The Kier molecular flexibility index (Phi) is 4.68. The van der Waals surface area contributed by atoms with Crippen molar-refractivity contribution in [3.8, 4) is 0 Å². The van der Waals surface area contributed by atoms with Crippen LogP contribution < -0.4 is 5.32 Å². The number of carbonyl (C=O) groups excluding carboxylic acids is 1. The molecular weight excluding hydrogens is 358 g/mol. The van der Waals surface area contributed by atoms with Gasteiger partial charge < -0.3 is 15.2 Å². The number of fused-ring (bicyclic) bond motifs is 1. The van der Waals surface area contributed by atoms with Crippen molar-refractivity contribution in [1.29, 1.82) is 0 Å². The van der Waals surface area contributed by atoms with E-state index in [1.165, 1.54) is 6.07 Å². The second-order valence-electron chi connectivity index (χ2n) is 6.97. The first-order chi connectivity index (χ1) is 13.6. The smallest absolute Gasteiger partial charge is 0.293 e. The van der Waals surface area contributed by atoms with Gasteiger partial charge >= 0.3 is 0 Å². The minimum atomic E-state index is -0.476. The summed E-state index contributed by atoms with van der Waals surface area (Å²) in [6.45, 7) is 1.18. The highest BCUT2D eigenvalue weighted by Crippen LogP contribution is 2.29. The number of piperidine rings is 1. The van der Waals surface area contributed by atoms with Gasteiger partial charge in [-0.25, -0.2) is 4.98 Å². The molecule has 144 valence electrons. The summed E-state index contributed by atoms with van der Waals surface area (Å²) in [4.78, 5) is 33.6. The molecular formula is C20H21N5O3. The molecule has 28 heavy (non-hydrogen) atoms. The van der Waals surface area contributed by atoms with Gasteiger partial charge in [0, 0.05) is 37.7 Å². The highest BCUT2D eigenvalue weighted by Gasteiger charge is 2.28. The summed E-state index contributed by atoms with van der Waals surface area (Å²) < 4.78 is 0. The molecule has 0 unspecified atom stereocenters. The summed E-state index contributed by atoms with van der Waals surface area (Å²) in [5.74, 6) is 0.818. The number of carbonyl (C=O) groups is 1. The molecule has 0 saturated carbocycles. The molecule has 2 heterocycles. The van der Waals surface area contributed by atoms with E-state index in [1.54, 1.807) is 24.1 Å². The number of amides is 1. The van der Waals surface area contributed by atoms with Gasteiger partial charge in [-0.2, -0.15) is 0 Å². The number of para-hydroxylation sites is 2. The van der Waals surface area contributed by atoms with Gasteiger partial charge in [-0.3, -0.25) is 14.9 Å². The van der Waals surface area contributed by atoms with Crippen molar-refractivity contribution in [2.45, 2.75) is 18.8 Å². The zero-order chi connectivity index (χ0) is 19.7. The van der Waals surface area contributed by atoms with Crippen molar-refractivity contribution in [3.05, 3.63) is 64.0 Å². The van der Waals surface area contributed by atoms with Crippen LogP contribution in [0.5, 0.6) is 0 Å². The summed E-state index contributed by atoms with van der Waals surface area (Å²) in [6.07, 6.45) is 1.81. The van der Waals surface area contributed by atoms with Crippen molar-refractivity contribution < 1.29 is 9.72 Å². The maximum absolute atomic E-state index is 13.0. The normalized spacial score (nSPS) is 16.9. The Morgan fingerprint density at radius 2 is 2.14 bits per heavy atom. The number of nitrogens with zero attached hydrogens (tertiary/aromatic N) is 3. The third-order valence-corrected chi connectivity index (χ3v) is 5.21. The molecule has 1 atom stereocenters. The van der Waals surface area contributed by atoms with Crippen LogP contribution in [0.4, 0.5) is 11.4 Å². The van der Waals surface area contributed by atoms with Gasteiger partial charge in [0.15, 0.2) is 0 Å². The molecule has 2 aromatic carbocycles. The molecule has 1 saturated heterocycles. The number of aromatic amines is 1. The Morgan fingerprint density at radius 1 is 1.32 bits per heavy atom. The Bertz CT molecular complexity index is 1010. The number of aromatic nitrogens is 2. The number of nitro benzene ring substituents is 1. The Labute approximate surface area is 161 Å². The van der Waals surface area contributed by atoms with Crippen LogP contribution in [0.25, 0.3) is 11.0 Å². The predicted molar refractivity (Wildman–Crippen MR) is 107 cm³/mol.